The number of benzene rings is 3. The molecule has 0 saturated carbocycles. The Morgan fingerprint density at radius 3 is 2.45 bits per heavy atom. The number of aryl methyl sites for hydroxylation is 1. The summed E-state index contributed by atoms with van der Waals surface area (Å²) < 4.78 is 90.0. The van der Waals surface area contributed by atoms with Crippen molar-refractivity contribution in [2.75, 3.05) is 0 Å². The second-order valence-electron chi connectivity index (χ2n) is 8.69. The smallest absolute Gasteiger partial charge is 0.416 e. The molecule has 3 aromatic carbocycles. The standard InChI is InChI=1S/C27H23F4NO5S/c1-17(32-38(34,35)26-15-20-14-22(28)10-12-25(20)37-26)24(33)11-7-18-3-2-4-23(13-18)36-16-19-5-8-21(9-6-19)27(29,30)31/h2-6,8-10,12-15,17,32H,7,11,16H2,1H3/t17-/m0/s1. The Balaban J connectivity index is 1.31. The fourth-order valence-corrected chi connectivity index (χ4v) is 4.90. The molecule has 11 heteroatoms. The van der Waals surface area contributed by atoms with Gasteiger partial charge in [-0.05, 0) is 66.9 Å². The fraction of sp³-hybridized carbons (Fsp3) is 0.222. The minimum Gasteiger partial charge on any atom is -0.489 e. The minimum atomic E-state index is -4.41. The highest BCUT2D eigenvalue weighted by molar-refractivity contribution is 7.89. The average Bonchev–Trinajstić information content (AvgIpc) is 3.30. The van der Waals surface area contributed by atoms with Crippen LogP contribution in [0.3, 0.4) is 0 Å². The maximum Gasteiger partial charge on any atom is 0.416 e. The second kappa shape index (κ2) is 11.0. The van der Waals surface area contributed by atoms with Crippen LogP contribution in [0.4, 0.5) is 17.6 Å². The molecule has 0 bridgehead atoms. The summed E-state index contributed by atoms with van der Waals surface area (Å²) in [6, 6.07) is 15.3. The van der Waals surface area contributed by atoms with E-state index in [9.17, 15) is 30.8 Å². The molecule has 1 N–H and O–H groups in total. The van der Waals surface area contributed by atoms with Crippen LogP contribution in [0, 0.1) is 5.82 Å². The van der Waals surface area contributed by atoms with E-state index >= 15 is 0 Å². The van der Waals surface area contributed by atoms with Gasteiger partial charge >= 0.3 is 6.18 Å². The molecular formula is C27H23F4NO5S. The van der Waals surface area contributed by atoms with Crippen LogP contribution in [-0.2, 0) is 34.0 Å². The van der Waals surface area contributed by atoms with E-state index in [2.05, 4.69) is 4.72 Å². The number of carbonyl (C=O) groups excluding carboxylic acids is 1. The topological polar surface area (TPSA) is 85.6 Å². The third kappa shape index (κ3) is 6.78. The summed E-state index contributed by atoms with van der Waals surface area (Å²) in [5.74, 6) is -0.412. The van der Waals surface area contributed by atoms with Gasteiger partial charge in [0.05, 0.1) is 11.6 Å². The number of hydrogen-bond acceptors (Lipinski definition) is 5. The highest BCUT2D eigenvalue weighted by atomic mass is 32.2. The quantitative estimate of drug-likeness (QED) is 0.244. The Hall–Kier alpha value is -3.70. The number of furan rings is 1. The van der Waals surface area contributed by atoms with E-state index in [0.717, 1.165) is 29.8 Å². The van der Waals surface area contributed by atoms with E-state index in [0.29, 0.717) is 17.7 Å². The number of nitrogens with one attached hydrogen (secondary N) is 1. The first-order valence-electron chi connectivity index (χ1n) is 11.5. The van der Waals surface area contributed by atoms with Crippen molar-refractivity contribution < 1.29 is 39.9 Å². The Bertz CT molecular complexity index is 1550. The Kier molecular flexibility index (Phi) is 7.89. The SMILES string of the molecule is C[C@H](NS(=O)(=O)c1cc2cc(F)ccc2o1)C(=O)CCc1cccc(OCc2ccc(C(F)(F)F)cc2)c1. The van der Waals surface area contributed by atoms with Gasteiger partial charge in [0, 0.05) is 17.9 Å². The summed E-state index contributed by atoms with van der Waals surface area (Å²) in [6.07, 6.45) is -4.06. The van der Waals surface area contributed by atoms with Gasteiger partial charge in [0.25, 0.3) is 10.0 Å². The summed E-state index contributed by atoms with van der Waals surface area (Å²) in [5.41, 5.74) is 0.788. The number of fused-ring (bicyclic) bond motifs is 1. The molecule has 0 aliphatic carbocycles. The van der Waals surface area contributed by atoms with Gasteiger partial charge in [0.1, 0.15) is 23.8 Å². The molecule has 0 saturated heterocycles. The van der Waals surface area contributed by atoms with Gasteiger partial charge < -0.3 is 9.15 Å². The zero-order chi connectivity index (χ0) is 27.5. The summed E-state index contributed by atoms with van der Waals surface area (Å²) in [4.78, 5) is 12.6. The predicted octanol–water partition coefficient (Wildman–Crippen LogP) is 6.04. The number of alkyl halides is 3. The first-order chi connectivity index (χ1) is 17.9. The monoisotopic (exact) mass is 549 g/mol. The summed E-state index contributed by atoms with van der Waals surface area (Å²) in [5, 5.41) is -0.138. The van der Waals surface area contributed by atoms with Crippen LogP contribution < -0.4 is 9.46 Å². The van der Waals surface area contributed by atoms with E-state index in [1.165, 1.54) is 31.2 Å². The summed E-state index contributed by atoms with van der Waals surface area (Å²) in [7, 11) is -4.16. The van der Waals surface area contributed by atoms with Crippen LogP contribution in [0.25, 0.3) is 11.0 Å². The van der Waals surface area contributed by atoms with Gasteiger partial charge in [-0.15, -0.1) is 0 Å². The first-order valence-corrected chi connectivity index (χ1v) is 13.0. The molecule has 0 unspecified atom stereocenters. The number of hydrogen-bond donors (Lipinski definition) is 1. The highest BCUT2D eigenvalue weighted by Crippen LogP contribution is 2.29. The molecule has 4 aromatic rings. The minimum absolute atomic E-state index is 0.0391. The zero-order valence-electron chi connectivity index (χ0n) is 20.1. The van der Waals surface area contributed by atoms with Crippen LogP contribution >= 0.6 is 0 Å². The molecule has 1 heterocycles. The van der Waals surface area contributed by atoms with Crippen molar-refractivity contribution in [2.24, 2.45) is 0 Å². The molecule has 6 nitrogen and oxygen atoms in total. The molecule has 0 radical (unpaired) electrons. The van der Waals surface area contributed by atoms with Crippen molar-refractivity contribution in [3.05, 3.63) is 95.3 Å². The van der Waals surface area contributed by atoms with Crippen molar-refractivity contribution in [1.29, 1.82) is 0 Å². The van der Waals surface area contributed by atoms with Gasteiger partial charge in [0.2, 0.25) is 5.09 Å². The van der Waals surface area contributed by atoms with Gasteiger partial charge in [-0.3, -0.25) is 4.79 Å². The lowest BCUT2D eigenvalue weighted by molar-refractivity contribution is -0.137. The van der Waals surface area contributed by atoms with Gasteiger partial charge in [-0.1, -0.05) is 24.3 Å². The number of rotatable bonds is 10. The largest absolute Gasteiger partial charge is 0.489 e. The number of ether oxygens (including phenoxy) is 1. The number of Topliss-reactive ketones (excluding diaryl/α,β-unsaturated/α-hetero) is 1. The van der Waals surface area contributed by atoms with E-state index in [1.54, 1.807) is 24.3 Å². The molecular weight excluding hydrogens is 526 g/mol. The molecule has 0 amide bonds. The third-order valence-electron chi connectivity index (χ3n) is 5.78. The van der Waals surface area contributed by atoms with E-state index in [1.807, 2.05) is 0 Å². The predicted molar refractivity (Wildman–Crippen MR) is 132 cm³/mol. The normalized spacial score (nSPS) is 13.0. The van der Waals surface area contributed by atoms with Gasteiger partial charge in [-0.2, -0.15) is 17.9 Å². The van der Waals surface area contributed by atoms with Crippen molar-refractivity contribution >= 4 is 26.8 Å². The maximum absolute atomic E-state index is 13.4. The van der Waals surface area contributed by atoms with E-state index in [4.69, 9.17) is 9.15 Å². The third-order valence-corrected chi connectivity index (χ3v) is 7.18. The second-order valence-corrected chi connectivity index (χ2v) is 10.3. The van der Waals surface area contributed by atoms with Crippen LogP contribution in [0.2, 0.25) is 0 Å². The average molecular weight is 550 g/mol. The molecule has 38 heavy (non-hydrogen) atoms. The first kappa shape index (κ1) is 27.3. The van der Waals surface area contributed by atoms with E-state index in [-0.39, 0.29) is 29.8 Å². The number of sulfonamides is 1. The number of ketones is 1. The van der Waals surface area contributed by atoms with Gasteiger partial charge in [0.15, 0.2) is 5.78 Å². The highest BCUT2D eigenvalue weighted by Gasteiger charge is 2.30. The molecule has 0 aliphatic heterocycles. The molecule has 4 rings (SSSR count). The van der Waals surface area contributed by atoms with Crippen molar-refractivity contribution in [1.82, 2.24) is 4.72 Å². The van der Waals surface area contributed by atoms with Gasteiger partial charge in [-0.25, -0.2) is 12.8 Å². The number of carbonyl (C=O) groups is 1. The van der Waals surface area contributed by atoms with Crippen molar-refractivity contribution in [3.8, 4) is 5.75 Å². The molecule has 0 aliphatic rings. The zero-order valence-corrected chi connectivity index (χ0v) is 20.9. The molecule has 1 atom stereocenters. The van der Waals surface area contributed by atoms with E-state index < -0.39 is 38.7 Å². The molecule has 1 aromatic heterocycles. The van der Waals surface area contributed by atoms with Crippen molar-refractivity contribution in [3.63, 3.8) is 0 Å². The molecule has 200 valence electrons. The summed E-state index contributed by atoms with van der Waals surface area (Å²) in [6.45, 7) is 1.49. The number of halogens is 4. The van der Waals surface area contributed by atoms with Crippen LogP contribution in [-0.4, -0.2) is 20.2 Å². The fourth-order valence-electron chi connectivity index (χ4n) is 3.71. The van der Waals surface area contributed by atoms with Crippen LogP contribution in [0.15, 0.2) is 82.3 Å². The molecule has 0 fully saturated rings. The lowest BCUT2D eigenvalue weighted by atomic mass is 10.0. The van der Waals surface area contributed by atoms with Crippen LogP contribution in [0.5, 0.6) is 5.75 Å². The summed E-state index contributed by atoms with van der Waals surface area (Å²) >= 11 is 0. The Labute approximate surface area is 216 Å². The lowest BCUT2D eigenvalue weighted by Crippen LogP contribution is -2.38. The Morgan fingerprint density at radius 2 is 1.74 bits per heavy atom. The van der Waals surface area contributed by atoms with Crippen LogP contribution in [0.1, 0.15) is 30.0 Å². The Morgan fingerprint density at radius 1 is 1.00 bits per heavy atom. The maximum atomic E-state index is 13.4. The lowest BCUT2D eigenvalue weighted by Gasteiger charge is -2.13. The van der Waals surface area contributed by atoms with Crippen molar-refractivity contribution in [2.45, 2.75) is 43.7 Å². The molecule has 0 spiro atoms.